The number of nitrogens with zero attached hydrogens (tertiary/aromatic N) is 1. The molecule has 1 aliphatic carbocycles. The Morgan fingerprint density at radius 2 is 1.53 bits per heavy atom. The van der Waals surface area contributed by atoms with Gasteiger partial charge in [0.25, 0.3) is 0 Å². The molecule has 4 N–H and O–H groups in total. The number of benzene rings is 4. The number of amides is 1. The highest BCUT2D eigenvalue weighted by Gasteiger charge is 2.28. The van der Waals surface area contributed by atoms with Gasteiger partial charge in [0.05, 0.1) is 11.9 Å². The molecule has 0 saturated heterocycles. The molecule has 4 aromatic rings. The van der Waals surface area contributed by atoms with Crippen LogP contribution < -0.4 is 19.9 Å². The lowest BCUT2D eigenvalue weighted by Crippen LogP contribution is -2.43. The molecule has 1 aliphatic rings. The molecule has 4 aromatic carbocycles. The summed E-state index contributed by atoms with van der Waals surface area (Å²) in [4.78, 5) is 13.8. The summed E-state index contributed by atoms with van der Waals surface area (Å²) in [6, 6.07) is 32.7. The molecule has 0 radical (unpaired) electrons. The van der Waals surface area contributed by atoms with Crippen LogP contribution in [0.5, 0.6) is 11.5 Å². The van der Waals surface area contributed by atoms with Gasteiger partial charge >= 0.3 is 0 Å². The summed E-state index contributed by atoms with van der Waals surface area (Å²) >= 11 is 0. The van der Waals surface area contributed by atoms with Crippen LogP contribution in [-0.4, -0.2) is 55.9 Å². The molecular formula is C37H43N3O6S. The van der Waals surface area contributed by atoms with Crippen molar-refractivity contribution in [3.05, 3.63) is 125 Å². The molecule has 1 saturated carbocycles. The SMILES string of the molecule is CS(=O)(=O)Nc1cc(OC[C@@H](O)CN(Cc2ccccc2)C2CCC(c3ccc(C(N)=O)cc3)CC2)ccc1OCc1ccccc1. The minimum atomic E-state index is -3.58. The van der Waals surface area contributed by atoms with Crippen molar-refractivity contribution in [2.75, 3.05) is 24.1 Å². The monoisotopic (exact) mass is 657 g/mol. The summed E-state index contributed by atoms with van der Waals surface area (Å²) in [6.07, 6.45) is 4.28. The van der Waals surface area contributed by atoms with Crippen molar-refractivity contribution < 1.29 is 27.8 Å². The van der Waals surface area contributed by atoms with E-state index in [1.165, 1.54) is 11.1 Å². The van der Waals surface area contributed by atoms with E-state index in [1.54, 1.807) is 30.3 Å². The molecule has 1 atom stereocenters. The van der Waals surface area contributed by atoms with Gasteiger partial charge in [-0.05, 0) is 72.6 Å². The Balaban J connectivity index is 1.22. The van der Waals surface area contributed by atoms with E-state index in [2.05, 4.69) is 21.8 Å². The zero-order chi connectivity index (χ0) is 33.2. The number of aliphatic hydroxyl groups is 1. The van der Waals surface area contributed by atoms with Crippen LogP contribution in [0.3, 0.4) is 0 Å². The molecule has 10 heteroatoms. The van der Waals surface area contributed by atoms with E-state index in [9.17, 15) is 18.3 Å². The quantitative estimate of drug-likeness (QED) is 0.149. The van der Waals surface area contributed by atoms with Crippen molar-refractivity contribution >= 4 is 21.6 Å². The number of rotatable bonds is 15. The average molecular weight is 658 g/mol. The Bertz CT molecular complexity index is 1690. The van der Waals surface area contributed by atoms with Crippen LogP contribution in [0.2, 0.25) is 0 Å². The van der Waals surface area contributed by atoms with Crippen LogP contribution >= 0.6 is 0 Å². The van der Waals surface area contributed by atoms with Crippen molar-refractivity contribution in [3.8, 4) is 11.5 Å². The smallest absolute Gasteiger partial charge is 0.248 e. The highest BCUT2D eigenvalue weighted by Crippen LogP contribution is 2.36. The van der Waals surface area contributed by atoms with Crippen molar-refractivity contribution in [2.45, 2.75) is 56.9 Å². The maximum absolute atomic E-state index is 12.1. The van der Waals surface area contributed by atoms with E-state index in [4.69, 9.17) is 15.2 Å². The summed E-state index contributed by atoms with van der Waals surface area (Å²) in [6.45, 7) is 1.44. The molecule has 0 aliphatic heterocycles. The number of aliphatic hydroxyl groups excluding tert-OH is 1. The Labute approximate surface area is 277 Å². The Morgan fingerprint density at radius 1 is 0.894 bits per heavy atom. The molecule has 0 unspecified atom stereocenters. The number of hydrogen-bond donors (Lipinski definition) is 3. The number of hydrogen-bond acceptors (Lipinski definition) is 7. The lowest BCUT2D eigenvalue weighted by atomic mass is 9.81. The number of nitrogens with two attached hydrogens (primary N) is 1. The molecule has 47 heavy (non-hydrogen) atoms. The summed E-state index contributed by atoms with van der Waals surface area (Å²) in [5.41, 5.74) is 9.54. The van der Waals surface area contributed by atoms with Crippen LogP contribution in [0.25, 0.3) is 0 Å². The van der Waals surface area contributed by atoms with Gasteiger partial charge in [-0.25, -0.2) is 8.42 Å². The summed E-state index contributed by atoms with van der Waals surface area (Å²) in [5, 5.41) is 11.2. The zero-order valence-corrected chi connectivity index (χ0v) is 27.4. The molecule has 1 fully saturated rings. The Hall–Kier alpha value is -4.38. The van der Waals surface area contributed by atoms with Gasteiger partial charge < -0.3 is 20.3 Å². The molecule has 5 rings (SSSR count). The van der Waals surface area contributed by atoms with Crippen molar-refractivity contribution in [2.24, 2.45) is 5.73 Å². The number of anilines is 1. The molecular weight excluding hydrogens is 614 g/mol. The maximum Gasteiger partial charge on any atom is 0.248 e. The first-order valence-electron chi connectivity index (χ1n) is 15.9. The number of sulfonamides is 1. The van der Waals surface area contributed by atoms with Crippen LogP contribution in [0.15, 0.2) is 103 Å². The molecule has 0 aromatic heterocycles. The standard InChI is InChI=1S/C37H43N3O6S/c1-47(43,44)39-35-22-34(20-21-36(35)46-25-28-10-6-3-7-11-28)45-26-33(41)24-40(23-27-8-4-2-5-9-27)32-18-16-30(17-19-32)29-12-14-31(15-13-29)37(38)42/h2-15,20-22,30,32-33,39,41H,16-19,23-26H2,1H3,(H2,38,42)/t30?,32?,33-/m0/s1. The highest BCUT2D eigenvalue weighted by atomic mass is 32.2. The zero-order valence-electron chi connectivity index (χ0n) is 26.6. The number of nitrogens with one attached hydrogen (secondary N) is 1. The number of carbonyl (C=O) groups excluding carboxylic acids is 1. The number of primary amides is 1. The normalized spacial score (nSPS) is 17.2. The second-order valence-corrected chi connectivity index (χ2v) is 13.9. The van der Waals surface area contributed by atoms with Gasteiger partial charge in [0.15, 0.2) is 0 Å². The van der Waals surface area contributed by atoms with Gasteiger partial charge in [0, 0.05) is 30.8 Å². The first kappa shape index (κ1) is 34.0. The van der Waals surface area contributed by atoms with E-state index < -0.39 is 22.0 Å². The predicted molar refractivity (Wildman–Crippen MR) is 184 cm³/mol. The first-order valence-corrected chi connectivity index (χ1v) is 17.8. The first-order chi connectivity index (χ1) is 22.6. The van der Waals surface area contributed by atoms with Crippen molar-refractivity contribution in [3.63, 3.8) is 0 Å². The minimum Gasteiger partial charge on any atom is -0.491 e. The Kier molecular flexibility index (Phi) is 11.5. The van der Waals surface area contributed by atoms with Gasteiger partial charge in [-0.15, -0.1) is 0 Å². The largest absolute Gasteiger partial charge is 0.491 e. The van der Waals surface area contributed by atoms with Crippen LogP contribution in [-0.2, 0) is 23.2 Å². The van der Waals surface area contributed by atoms with E-state index in [-0.39, 0.29) is 24.9 Å². The third-order valence-electron chi connectivity index (χ3n) is 8.48. The molecule has 0 heterocycles. The topological polar surface area (TPSA) is 131 Å². The fourth-order valence-electron chi connectivity index (χ4n) is 6.11. The van der Waals surface area contributed by atoms with Crippen molar-refractivity contribution in [1.82, 2.24) is 4.90 Å². The molecule has 9 nitrogen and oxygen atoms in total. The average Bonchev–Trinajstić information content (AvgIpc) is 3.07. The summed E-state index contributed by atoms with van der Waals surface area (Å²) in [5.74, 6) is 0.782. The summed E-state index contributed by atoms with van der Waals surface area (Å²) < 4.78 is 38.6. The second-order valence-electron chi connectivity index (χ2n) is 12.2. The molecule has 1 amide bonds. The number of ether oxygens (including phenoxy) is 2. The van der Waals surface area contributed by atoms with E-state index >= 15 is 0 Å². The van der Waals surface area contributed by atoms with Gasteiger partial charge in [0.1, 0.15) is 30.8 Å². The maximum atomic E-state index is 12.1. The van der Waals surface area contributed by atoms with Gasteiger partial charge in [-0.3, -0.25) is 14.4 Å². The van der Waals surface area contributed by atoms with E-state index in [0.717, 1.165) is 37.5 Å². The predicted octanol–water partition coefficient (Wildman–Crippen LogP) is 5.70. The van der Waals surface area contributed by atoms with Crippen LogP contribution in [0.4, 0.5) is 5.69 Å². The molecule has 0 spiro atoms. The lowest BCUT2D eigenvalue weighted by Gasteiger charge is -2.38. The third kappa shape index (κ3) is 10.3. The highest BCUT2D eigenvalue weighted by molar-refractivity contribution is 7.92. The van der Waals surface area contributed by atoms with Gasteiger partial charge in [-0.2, -0.15) is 0 Å². The Morgan fingerprint density at radius 3 is 2.15 bits per heavy atom. The van der Waals surface area contributed by atoms with Crippen LogP contribution in [0, 0.1) is 0 Å². The fraction of sp³-hybridized carbons (Fsp3) is 0.324. The lowest BCUT2D eigenvalue weighted by molar-refractivity contribution is 0.0384. The van der Waals surface area contributed by atoms with Gasteiger partial charge in [0.2, 0.25) is 15.9 Å². The minimum absolute atomic E-state index is 0.0371. The molecule has 0 bridgehead atoms. The van der Waals surface area contributed by atoms with Crippen LogP contribution in [0.1, 0.15) is 58.6 Å². The third-order valence-corrected chi connectivity index (χ3v) is 9.07. The van der Waals surface area contributed by atoms with Gasteiger partial charge in [-0.1, -0.05) is 72.8 Å². The second kappa shape index (κ2) is 15.9. The van der Waals surface area contributed by atoms with E-state index in [1.807, 2.05) is 60.7 Å². The fourth-order valence-corrected chi connectivity index (χ4v) is 6.67. The van der Waals surface area contributed by atoms with E-state index in [0.29, 0.717) is 36.1 Å². The number of carbonyl (C=O) groups is 1. The molecule has 248 valence electrons. The summed E-state index contributed by atoms with van der Waals surface area (Å²) in [7, 11) is -3.58. The van der Waals surface area contributed by atoms with Crippen molar-refractivity contribution in [1.29, 1.82) is 0 Å².